The smallest absolute Gasteiger partial charge is 0.225 e. The molecule has 8 nitrogen and oxygen atoms in total. The third-order valence-corrected chi connectivity index (χ3v) is 7.66. The number of fused-ring (bicyclic) bond motifs is 2. The van der Waals surface area contributed by atoms with E-state index in [9.17, 15) is 9.59 Å². The number of nitrogens with one attached hydrogen (secondary N) is 4. The molecule has 212 valence electrons. The van der Waals surface area contributed by atoms with Gasteiger partial charge in [0.05, 0.1) is 31.5 Å². The van der Waals surface area contributed by atoms with Crippen molar-refractivity contribution < 1.29 is 14.3 Å². The molecule has 1 unspecified atom stereocenters. The first-order valence-electron chi connectivity index (χ1n) is 14.1. The van der Waals surface area contributed by atoms with Crippen LogP contribution in [0, 0.1) is 6.92 Å². The maximum absolute atomic E-state index is 13.4. The third kappa shape index (κ3) is 6.60. The Morgan fingerprint density at radius 1 is 0.951 bits per heavy atom. The van der Waals surface area contributed by atoms with Gasteiger partial charge in [-0.25, -0.2) is 4.98 Å². The van der Waals surface area contributed by atoms with Crippen LogP contribution < -0.4 is 15.4 Å². The fourth-order valence-corrected chi connectivity index (χ4v) is 5.35. The summed E-state index contributed by atoms with van der Waals surface area (Å²) in [6.07, 6.45) is 5.84. The van der Waals surface area contributed by atoms with Crippen LogP contribution >= 0.6 is 0 Å². The molecule has 0 aliphatic heterocycles. The molecular weight excluding hydrogens is 514 g/mol. The molecule has 0 aliphatic rings. The fourth-order valence-electron chi connectivity index (χ4n) is 5.35. The van der Waals surface area contributed by atoms with Crippen molar-refractivity contribution >= 4 is 33.5 Å². The number of hydrogen-bond acceptors (Lipinski definition) is 4. The number of amides is 2. The Morgan fingerprint density at radius 3 is 2.59 bits per heavy atom. The fraction of sp³-hybridized carbons (Fsp3) is 0.303. The van der Waals surface area contributed by atoms with Crippen LogP contribution in [0.1, 0.15) is 55.2 Å². The first kappa shape index (κ1) is 28.0. The number of carbonyl (C=O) groups is 2. The number of ether oxygens (including phenoxy) is 1. The van der Waals surface area contributed by atoms with Gasteiger partial charge in [0, 0.05) is 35.6 Å². The Labute approximate surface area is 239 Å². The number of rotatable bonds is 12. The monoisotopic (exact) mass is 551 g/mol. The van der Waals surface area contributed by atoms with Gasteiger partial charge in [0.15, 0.2) is 0 Å². The lowest BCUT2D eigenvalue weighted by atomic mass is 10.0. The lowest BCUT2D eigenvalue weighted by molar-refractivity contribution is -0.121. The highest BCUT2D eigenvalue weighted by Crippen LogP contribution is 2.28. The highest BCUT2D eigenvalue weighted by atomic mass is 16.5. The number of imidazole rings is 1. The summed E-state index contributed by atoms with van der Waals surface area (Å²) in [5, 5.41) is 9.24. The second kappa shape index (κ2) is 12.7. The second-order valence-corrected chi connectivity index (χ2v) is 10.5. The number of aryl methyl sites for hydroxylation is 1. The topological polar surface area (TPSA) is 112 Å². The Balaban J connectivity index is 1.34. The first-order valence-corrected chi connectivity index (χ1v) is 14.1. The first-order chi connectivity index (χ1) is 19.9. The number of methoxy groups -OCH3 is 1. The molecule has 0 saturated heterocycles. The molecule has 2 aromatic heterocycles. The molecule has 0 spiro atoms. The van der Waals surface area contributed by atoms with E-state index in [0.717, 1.165) is 69.6 Å². The normalized spacial score (nSPS) is 12.0. The minimum absolute atomic E-state index is 0.0478. The average molecular weight is 552 g/mol. The van der Waals surface area contributed by atoms with Gasteiger partial charge in [-0.05, 0) is 60.4 Å². The van der Waals surface area contributed by atoms with Crippen molar-refractivity contribution in [3.63, 3.8) is 0 Å². The van der Waals surface area contributed by atoms with E-state index >= 15 is 0 Å². The van der Waals surface area contributed by atoms with Crippen LogP contribution in [0.5, 0.6) is 5.75 Å². The molecule has 0 bridgehead atoms. The summed E-state index contributed by atoms with van der Waals surface area (Å²) >= 11 is 0. The molecule has 2 heterocycles. The van der Waals surface area contributed by atoms with Gasteiger partial charge >= 0.3 is 0 Å². The van der Waals surface area contributed by atoms with E-state index in [1.165, 1.54) is 5.39 Å². The molecule has 5 aromatic rings. The number of hydrogen-bond donors (Lipinski definition) is 4. The third-order valence-electron chi connectivity index (χ3n) is 7.66. The van der Waals surface area contributed by atoms with Crippen molar-refractivity contribution in [2.24, 2.45) is 0 Å². The number of carbonyl (C=O) groups excluding carboxylic acids is 2. The summed E-state index contributed by atoms with van der Waals surface area (Å²) in [4.78, 5) is 36.6. The summed E-state index contributed by atoms with van der Waals surface area (Å²) < 4.78 is 5.41. The largest absolute Gasteiger partial charge is 0.497 e. The SMILES string of the molecule is CNC(=O)CCCCCC(NC(=O)Cc1c(C)[nH]c2ccc(OC)cc12)c1ncc(-c2ccc3ccccc3c2)[nH]1. The van der Waals surface area contributed by atoms with E-state index in [1.807, 2.05) is 43.5 Å². The van der Waals surface area contributed by atoms with Gasteiger partial charge in [-0.3, -0.25) is 9.59 Å². The minimum Gasteiger partial charge on any atom is -0.497 e. The molecule has 5 rings (SSSR count). The maximum Gasteiger partial charge on any atom is 0.225 e. The van der Waals surface area contributed by atoms with Gasteiger partial charge in [-0.15, -0.1) is 0 Å². The molecular formula is C33H37N5O3. The van der Waals surface area contributed by atoms with Crippen LogP contribution in [-0.2, 0) is 16.0 Å². The number of aromatic amines is 2. The summed E-state index contributed by atoms with van der Waals surface area (Å²) in [6, 6.07) is 20.2. The van der Waals surface area contributed by atoms with E-state index < -0.39 is 0 Å². The molecule has 3 aromatic carbocycles. The van der Waals surface area contributed by atoms with Gasteiger partial charge < -0.3 is 25.3 Å². The molecule has 0 aliphatic carbocycles. The summed E-state index contributed by atoms with van der Waals surface area (Å²) in [7, 11) is 3.30. The van der Waals surface area contributed by atoms with Crippen molar-refractivity contribution in [3.05, 3.63) is 83.9 Å². The molecule has 2 amide bonds. The standard InChI is InChI=1S/C33H37N5O3/c1-21-26(27-18-25(41-3)15-16-28(27)36-21)19-32(40)37-29(11-5-4-6-12-31(39)34-2)33-35-20-30(38-33)24-14-13-22-9-7-8-10-23(22)17-24/h7-10,13-18,20,29,36H,4-6,11-12,19H2,1-3H3,(H,34,39)(H,35,38)(H,37,40). The summed E-state index contributed by atoms with van der Waals surface area (Å²) in [5.41, 5.74) is 4.85. The van der Waals surface area contributed by atoms with Gasteiger partial charge in [0.2, 0.25) is 11.8 Å². The van der Waals surface area contributed by atoms with Gasteiger partial charge in [-0.2, -0.15) is 0 Å². The molecule has 0 radical (unpaired) electrons. The van der Waals surface area contributed by atoms with Crippen molar-refractivity contribution in [2.45, 2.75) is 51.5 Å². The zero-order valence-corrected chi connectivity index (χ0v) is 23.8. The van der Waals surface area contributed by atoms with Gasteiger partial charge in [-0.1, -0.05) is 49.2 Å². The highest BCUT2D eigenvalue weighted by molar-refractivity contribution is 5.91. The Kier molecular flexibility index (Phi) is 8.67. The van der Waals surface area contributed by atoms with Crippen molar-refractivity contribution in [3.8, 4) is 17.0 Å². The van der Waals surface area contributed by atoms with Crippen LogP contribution in [0.4, 0.5) is 0 Å². The molecule has 8 heteroatoms. The molecule has 1 atom stereocenters. The van der Waals surface area contributed by atoms with E-state index in [1.54, 1.807) is 14.2 Å². The average Bonchev–Trinajstić information content (AvgIpc) is 3.60. The quantitative estimate of drug-likeness (QED) is 0.140. The molecule has 0 fully saturated rings. The molecule has 4 N–H and O–H groups in total. The van der Waals surface area contributed by atoms with Crippen molar-refractivity contribution in [1.29, 1.82) is 0 Å². The Hall–Kier alpha value is -4.59. The highest BCUT2D eigenvalue weighted by Gasteiger charge is 2.20. The van der Waals surface area contributed by atoms with E-state index in [-0.39, 0.29) is 24.3 Å². The molecule has 0 saturated carbocycles. The number of unbranched alkanes of at least 4 members (excludes halogenated alkanes) is 2. The second-order valence-electron chi connectivity index (χ2n) is 10.5. The Bertz CT molecular complexity index is 1670. The summed E-state index contributed by atoms with van der Waals surface area (Å²) in [6.45, 7) is 1.99. The van der Waals surface area contributed by atoms with Gasteiger partial charge in [0.1, 0.15) is 11.6 Å². The zero-order chi connectivity index (χ0) is 28.8. The predicted octanol–water partition coefficient (Wildman–Crippen LogP) is 6.12. The number of nitrogens with zero attached hydrogens (tertiary/aromatic N) is 1. The number of H-pyrrole nitrogens is 2. The maximum atomic E-state index is 13.4. The van der Waals surface area contributed by atoms with E-state index in [0.29, 0.717) is 12.8 Å². The van der Waals surface area contributed by atoms with E-state index in [2.05, 4.69) is 50.9 Å². The lowest BCUT2D eigenvalue weighted by Crippen LogP contribution is -2.30. The lowest BCUT2D eigenvalue weighted by Gasteiger charge is -2.17. The van der Waals surface area contributed by atoms with Gasteiger partial charge in [0.25, 0.3) is 0 Å². The van der Waals surface area contributed by atoms with Crippen molar-refractivity contribution in [1.82, 2.24) is 25.6 Å². The van der Waals surface area contributed by atoms with Crippen LogP contribution in [0.25, 0.3) is 32.9 Å². The van der Waals surface area contributed by atoms with Crippen molar-refractivity contribution in [2.75, 3.05) is 14.2 Å². The number of aromatic nitrogens is 3. The predicted molar refractivity (Wildman–Crippen MR) is 163 cm³/mol. The van der Waals surface area contributed by atoms with Crippen LogP contribution in [0.2, 0.25) is 0 Å². The van der Waals surface area contributed by atoms with Crippen LogP contribution in [-0.4, -0.2) is 40.9 Å². The number of benzene rings is 3. The minimum atomic E-state index is -0.281. The van der Waals surface area contributed by atoms with E-state index in [4.69, 9.17) is 9.72 Å². The summed E-state index contributed by atoms with van der Waals surface area (Å²) in [5.74, 6) is 1.46. The molecule has 41 heavy (non-hydrogen) atoms. The Morgan fingerprint density at radius 2 is 1.78 bits per heavy atom. The van der Waals surface area contributed by atoms with Crippen LogP contribution in [0.15, 0.2) is 66.9 Å². The zero-order valence-electron chi connectivity index (χ0n) is 23.8. The van der Waals surface area contributed by atoms with Crippen LogP contribution in [0.3, 0.4) is 0 Å².